The van der Waals surface area contributed by atoms with Crippen LogP contribution < -0.4 is 0 Å². The summed E-state index contributed by atoms with van der Waals surface area (Å²) in [7, 11) is 0. The Labute approximate surface area is 133 Å². The lowest BCUT2D eigenvalue weighted by Gasteiger charge is -2.33. The van der Waals surface area contributed by atoms with Crippen LogP contribution in [0.1, 0.15) is 23.0 Å². The molecule has 1 aliphatic heterocycles. The number of hydrogen-bond acceptors (Lipinski definition) is 5. The van der Waals surface area contributed by atoms with Crippen molar-refractivity contribution < 1.29 is 14.3 Å². The Morgan fingerprint density at radius 2 is 2.29 bits per heavy atom. The smallest absolute Gasteiger partial charge is 0.329 e. The number of rotatable bonds is 3. The van der Waals surface area contributed by atoms with Gasteiger partial charge < -0.3 is 9.64 Å². The van der Waals surface area contributed by atoms with E-state index >= 15 is 0 Å². The number of pyridine rings is 1. The molecule has 1 aliphatic rings. The van der Waals surface area contributed by atoms with Crippen molar-refractivity contribution in [1.82, 2.24) is 9.88 Å². The lowest BCUT2D eigenvalue weighted by molar-refractivity contribution is -0.147. The highest BCUT2D eigenvalue weighted by molar-refractivity contribution is 7.99. The first-order valence-electron chi connectivity index (χ1n) is 6.72. The van der Waals surface area contributed by atoms with Crippen LogP contribution in [0, 0.1) is 6.92 Å². The number of hydrogen-bond donors (Lipinski definition) is 0. The molecule has 0 N–H and O–H groups in total. The minimum Gasteiger partial charge on any atom is -0.464 e. The molecule has 1 unspecified atom stereocenters. The molecule has 2 heterocycles. The molecule has 1 aromatic heterocycles. The first-order valence-corrected chi connectivity index (χ1v) is 8.25. The van der Waals surface area contributed by atoms with Crippen molar-refractivity contribution in [3.05, 3.63) is 28.5 Å². The van der Waals surface area contributed by atoms with E-state index in [1.807, 2.05) is 0 Å². The molecular formula is C14H17ClN2O3S. The summed E-state index contributed by atoms with van der Waals surface area (Å²) in [5.41, 5.74) is 1.12. The zero-order valence-corrected chi connectivity index (χ0v) is 13.5. The summed E-state index contributed by atoms with van der Waals surface area (Å²) in [6, 6.07) is 2.67. The van der Waals surface area contributed by atoms with Crippen LogP contribution >= 0.6 is 23.4 Å². The van der Waals surface area contributed by atoms with E-state index in [9.17, 15) is 9.59 Å². The number of nitrogens with zero attached hydrogens (tertiary/aromatic N) is 2. The second-order valence-corrected chi connectivity index (χ2v) is 6.20. The number of halogens is 1. The van der Waals surface area contributed by atoms with Gasteiger partial charge in [-0.3, -0.25) is 4.79 Å². The van der Waals surface area contributed by atoms with E-state index in [4.69, 9.17) is 16.3 Å². The van der Waals surface area contributed by atoms with Crippen molar-refractivity contribution in [2.45, 2.75) is 19.9 Å². The lowest BCUT2D eigenvalue weighted by Crippen LogP contribution is -2.51. The third-order valence-corrected chi connectivity index (χ3v) is 4.33. The van der Waals surface area contributed by atoms with Gasteiger partial charge in [-0.25, -0.2) is 9.78 Å². The first kappa shape index (κ1) is 16.1. The van der Waals surface area contributed by atoms with Crippen molar-refractivity contribution in [3.63, 3.8) is 0 Å². The van der Waals surface area contributed by atoms with Gasteiger partial charge in [-0.15, -0.1) is 0 Å². The molecule has 0 bridgehead atoms. The Balaban J connectivity index is 2.24. The maximum absolute atomic E-state index is 12.6. The minimum absolute atomic E-state index is 0.208. The molecule has 2 rings (SSSR count). The monoisotopic (exact) mass is 328 g/mol. The van der Waals surface area contributed by atoms with Crippen molar-refractivity contribution in [1.29, 1.82) is 0 Å². The topological polar surface area (TPSA) is 59.5 Å². The molecule has 1 fully saturated rings. The molecule has 1 atom stereocenters. The standard InChI is InChI=1S/C14H17ClN2O3S/c1-3-20-14(19)11-8-21-5-4-17(11)13(18)10-6-9(2)16-12(15)7-10/h6-7,11H,3-5,8H2,1-2H3. The van der Waals surface area contributed by atoms with Gasteiger partial charge in [-0.05, 0) is 26.0 Å². The van der Waals surface area contributed by atoms with Crippen LogP contribution in [0.5, 0.6) is 0 Å². The van der Waals surface area contributed by atoms with Crippen LogP contribution in [0.15, 0.2) is 12.1 Å². The van der Waals surface area contributed by atoms with Crippen LogP contribution in [0.2, 0.25) is 5.15 Å². The molecule has 114 valence electrons. The van der Waals surface area contributed by atoms with Gasteiger partial charge in [0.15, 0.2) is 0 Å². The maximum atomic E-state index is 12.6. The molecule has 0 spiro atoms. The Bertz CT molecular complexity index is 533. The lowest BCUT2D eigenvalue weighted by atomic mass is 10.1. The summed E-state index contributed by atoms with van der Waals surface area (Å²) in [5.74, 6) is 0.803. The normalized spacial score (nSPS) is 18.4. The van der Waals surface area contributed by atoms with E-state index in [1.54, 1.807) is 36.6 Å². The Morgan fingerprint density at radius 1 is 1.52 bits per heavy atom. The van der Waals surface area contributed by atoms with Gasteiger partial charge in [0, 0.05) is 29.3 Å². The number of thioether (sulfide) groups is 1. The Hall–Kier alpha value is -1.27. The second kappa shape index (κ2) is 7.13. The third-order valence-electron chi connectivity index (χ3n) is 3.12. The van der Waals surface area contributed by atoms with E-state index in [-0.39, 0.29) is 17.0 Å². The van der Waals surface area contributed by atoms with Crippen molar-refractivity contribution in [2.24, 2.45) is 0 Å². The largest absolute Gasteiger partial charge is 0.464 e. The predicted octanol–water partition coefficient (Wildman–Crippen LogP) is 2.16. The second-order valence-electron chi connectivity index (χ2n) is 4.66. The molecule has 7 heteroatoms. The summed E-state index contributed by atoms with van der Waals surface area (Å²) < 4.78 is 5.06. The minimum atomic E-state index is -0.538. The van der Waals surface area contributed by atoms with Gasteiger partial charge in [-0.1, -0.05) is 11.6 Å². The number of aromatic nitrogens is 1. The summed E-state index contributed by atoms with van der Waals surface area (Å²) in [6.45, 7) is 4.36. The van der Waals surface area contributed by atoms with E-state index in [0.29, 0.717) is 30.2 Å². The van der Waals surface area contributed by atoms with Gasteiger partial charge in [0.25, 0.3) is 5.91 Å². The highest BCUT2D eigenvalue weighted by Crippen LogP contribution is 2.21. The fourth-order valence-corrected chi connectivity index (χ4v) is 3.48. The van der Waals surface area contributed by atoms with Crippen LogP contribution in [0.3, 0.4) is 0 Å². The zero-order valence-electron chi connectivity index (χ0n) is 12.0. The van der Waals surface area contributed by atoms with E-state index in [0.717, 1.165) is 5.75 Å². The molecule has 1 aromatic rings. The van der Waals surface area contributed by atoms with Crippen molar-refractivity contribution in [2.75, 3.05) is 24.7 Å². The van der Waals surface area contributed by atoms with E-state index < -0.39 is 6.04 Å². The third kappa shape index (κ3) is 3.89. The molecule has 0 aromatic carbocycles. The van der Waals surface area contributed by atoms with Gasteiger partial charge in [0.05, 0.1) is 6.61 Å². The summed E-state index contributed by atoms with van der Waals surface area (Å²) in [4.78, 5) is 30.3. The number of esters is 1. The first-order chi connectivity index (χ1) is 10.0. The number of amides is 1. The molecule has 0 radical (unpaired) electrons. The van der Waals surface area contributed by atoms with Gasteiger partial charge in [-0.2, -0.15) is 11.8 Å². The SMILES string of the molecule is CCOC(=O)C1CSCCN1C(=O)c1cc(C)nc(Cl)c1. The average molecular weight is 329 g/mol. The quantitative estimate of drug-likeness (QED) is 0.628. The van der Waals surface area contributed by atoms with Crippen molar-refractivity contribution >= 4 is 35.2 Å². The van der Waals surface area contributed by atoms with Crippen molar-refractivity contribution in [3.8, 4) is 0 Å². The summed E-state index contributed by atoms with van der Waals surface area (Å²) in [5, 5.41) is 0.275. The molecule has 0 saturated carbocycles. The van der Waals surface area contributed by atoms with E-state index in [1.165, 1.54) is 6.07 Å². The molecular weight excluding hydrogens is 312 g/mol. The van der Waals surface area contributed by atoms with Gasteiger partial charge >= 0.3 is 5.97 Å². The molecule has 0 aliphatic carbocycles. The van der Waals surface area contributed by atoms with Gasteiger partial charge in [0.1, 0.15) is 11.2 Å². The maximum Gasteiger partial charge on any atom is 0.329 e. The molecule has 5 nitrogen and oxygen atoms in total. The Morgan fingerprint density at radius 3 is 2.95 bits per heavy atom. The zero-order chi connectivity index (χ0) is 15.4. The van der Waals surface area contributed by atoms with Crippen LogP contribution in [0.4, 0.5) is 0 Å². The Kier molecular flexibility index (Phi) is 5.47. The number of ether oxygens (including phenoxy) is 1. The van der Waals surface area contributed by atoms with Crippen LogP contribution in [-0.2, 0) is 9.53 Å². The molecule has 1 amide bonds. The average Bonchev–Trinajstić information content (AvgIpc) is 2.45. The fraction of sp³-hybridized carbons (Fsp3) is 0.500. The van der Waals surface area contributed by atoms with Gasteiger partial charge in [0.2, 0.25) is 0 Å². The predicted molar refractivity (Wildman–Crippen MR) is 82.8 cm³/mol. The van der Waals surface area contributed by atoms with Crippen LogP contribution in [-0.4, -0.2) is 52.5 Å². The van der Waals surface area contributed by atoms with E-state index in [2.05, 4.69) is 4.98 Å². The van der Waals surface area contributed by atoms with Crippen LogP contribution in [0.25, 0.3) is 0 Å². The summed E-state index contributed by atoms with van der Waals surface area (Å²) in [6.07, 6.45) is 0. The number of aryl methyl sites for hydroxylation is 1. The number of carbonyl (C=O) groups is 2. The highest BCUT2D eigenvalue weighted by Gasteiger charge is 2.34. The molecule has 21 heavy (non-hydrogen) atoms. The fourth-order valence-electron chi connectivity index (χ4n) is 2.20. The molecule has 1 saturated heterocycles. The summed E-state index contributed by atoms with van der Waals surface area (Å²) >= 11 is 7.55. The number of carbonyl (C=O) groups excluding carboxylic acids is 2. The highest BCUT2D eigenvalue weighted by atomic mass is 35.5.